The Morgan fingerprint density at radius 1 is 1.18 bits per heavy atom. The summed E-state index contributed by atoms with van der Waals surface area (Å²) < 4.78 is 0. The van der Waals surface area contributed by atoms with Gasteiger partial charge in [-0.05, 0) is 43.0 Å². The predicted molar refractivity (Wildman–Crippen MR) is 110 cm³/mol. The molecular formula is C21H22Cl2N2O3. The van der Waals surface area contributed by atoms with Crippen LogP contribution in [0.2, 0.25) is 10.0 Å². The van der Waals surface area contributed by atoms with Crippen LogP contribution in [-0.4, -0.2) is 41.0 Å². The fourth-order valence-corrected chi connectivity index (χ4v) is 3.76. The molecule has 2 N–H and O–H groups in total. The maximum absolute atomic E-state index is 12.9. The molecule has 0 spiro atoms. The van der Waals surface area contributed by atoms with E-state index in [9.17, 15) is 14.7 Å². The number of rotatable bonds is 6. The van der Waals surface area contributed by atoms with Gasteiger partial charge in [0.05, 0.1) is 16.7 Å². The van der Waals surface area contributed by atoms with Crippen LogP contribution in [0.3, 0.4) is 0 Å². The number of hydrogen-bond acceptors (Lipinski definition) is 3. The van der Waals surface area contributed by atoms with Gasteiger partial charge in [-0.25, -0.2) is 0 Å². The third-order valence-corrected chi connectivity index (χ3v) is 5.44. The lowest BCUT2D eigenvalue weighted by atomic mass is 10.1. The number of aliphatic hydroxyl groups excluding tert-OH is 1. The van der Waals surface area contributed by atoms with E-state index in [0.717, 1.165) is 12.0 Å². The van der Waals surface area contributed by atoms with Crippen molar-refractivity contribution in [3.8, 4) is 0 Å². The maximum Gasteiger partial charge on any atom is 0.256 e. The standard InChI is InChI=1S/C21H22Cl2N2O3/c22-15-8-9-17(23)16(13-15)21(28)25-12-4-7-18(25)20(27)24-11-10-19(26)14-5-2-1-3-6-14/h1-3,5-6,8-9,13,18-19,26H,4,7,10-12H2,(H,24,27). The van der Waals surface area contributed by atoms with Gasteiger partial charge < -0.3 is 15.3 Å². The molecule has 0 saturated carbocycles. The minimum absolute atomic E-state index is 0.218. The molecule has 1 saturated heterocycles. The van der Waals surface area contributed by atoms with Crippen molar-refractivity contribution >= 4 is 35.0 Å². The summed E-state index contributed by atoms with van der Waals surface area (Å²) in [6, 6.07) is 13.5. The summed E-state index contributed by atoms with van der Waals surface area (Å²) in [5, 5.41) is 13.8. The van der Waals surface area contributed by atoms with Crippen LogP contribution in [0.15, 0.2) is 48.5 Å². The van der Waals surface area contributed by atoms with Crippen LogP contribution in [0.5, 0.6) is 0 Å². The molecule has 1 aliphatic rings. The zero-order chi connectivity index (χ0) is 20.1. The van der Waals surface area contributed by atoms with Gasteiger partial charge in [-0.15, -0.1) is 0 Å². The molecule has 2 amide bonds. The summed E-state index contributed by atoms with van der Waals surface area (Å²) >= 11 is 12.1. The van der Waals surface area contributed by atoms with Crippen molar-refractivity contribution in [2.75, 3.05) is 13.1 Å². The number of carbonyl (C=O) groups is 2. The van der Waals surface area contributed by atoms with Gasteiger partial charge in [0.15, 0.2) is 0 Å². The molecule has 5 nitrogen and oxygen atoms in total. The molecule has 0 aliphatic carbocycles. The Morgan fingerprint density at radius 3 is 2.68 bits per heavy atom. The lowest BCUT2D eigenvalue weighted by Crippen LogP contribution is -2.46. The first-order chi connectivity index (χ1) is 13.5. The topological polar surface area (TPSA) is 69.6 Å². The summed E-state index contributed by atoms with van der Waals surface area (Å²) in [5.74, 6) is -0.515. The number of benzene rings is 2. The zero-order valence-electron chi connectivity index (χ0n) is 15.3. The first-order valence-electron chi connectivity index (χ1n) is 9.24. The molecule has 1 heterocycles. The summed E-state index contributed by atoms with van der Waals surface area (Å²) in [5.41, 5.74) is 1.11. The highest BCUT2D eigenvalue weighted by Crippen LogP contribution is 2.26. The number of hydrogen-bond donors (Lipinski definition) is 2. The van der Waals surface area contributed by atoms with Crippen molar-refractivity contribution in [1.29, 1.82) is 0 Å². The van der Waals surface area contributed by atoms with E-state index in [1.807, 2.05) is 30.3 Å². The molecule has 1 fully saturated rings. The van der Waals surface area contributed by atoms with Gasteiger partial charge >= 0.3 is 0 Å². The number of nitrogens with zero attached hydrogens (tertiary/aromatic N) is 1. The number of amides is 2. The largest absolute Gasteiger partial charge is 0.388 e. The minimum Gasteiger partial charge on any atom is -0.388 e. The molecule has 0 aromatic heterocycles. The van der Waals surface area contributed by atoms with Gasteiger partial charge in [-0.1, -0.05) is 53.5 Å². The van der Waals surface area contributed by atoms with Gasteiger partial charge in [0.25, 0.3) is 5.91 Å². The quantitative estimate of drug-likeness (QED) is 0.745. The van der Waals surface area contributed by atoms with E-state index in [2.05, 4.69) is 5.32 Å². The Labute approximate surface area is 174 Å². The fraction of sp³-hybridized carbons (Fsp3) is 0.333. The van der Waals surface area contributed by atoms with Crippen LogP contribution in [0.1, 0.15) is 41.3 Å². The Morgan fingerprint density at radius 2 is 1.93 bits per heavy atom. The first-order valence-corrected chi connectivity index (χ1v) is 9.99. The van der Waals surface area contributed by atoms with Crippen molar-refractivity contribution in [2.45, 2.75) is 31.4 Å². The molecule has 3 rings (SSSR count). The Balaban J connectivity index is 1.58. The van der Waals surface area contributed by atoms with Crippen molar-refractivity contribution < 1.29 is 14.7 Å². The van der Waals surface area contributed by atoms with Crippen LogP contribution < -0.4 is 5.32 Å². The van der Waals surface area contributed by atoms with Gasteiger partial charge in [0, 0.05) is 18.1 Å². The minimum atomic E-state index is -0.645. The van der Waals surface area contributed by atoms with Crippen molar-refractivity contribution in [3.05, 3.63) is 69.7 Å². The van der Waals surface area contributed by atoms with Crippen molar-refractivity contribution in [1.82, 2.24) is 10.2 Å². The van der Waals surface area contributed by atoms with Crippen LogP contribution in [0, 0.1) is 0 Å². The number of nitrogens with one attached hydrogen (secondary N) is 1. The normalized spacial score (nSPS) is 17.4. The second-order valence-electron chi connectivity index (χ2n) is 6.79. The summed E-state index contributed by atoms with van der Waals surface area (Å²) in [7, 11) is 0. The molecule has 2 aromatic rings. The number of carbonyl (C=O) groups excluding carboxylic acids is 2. The Bertz CT molecular complexity index is 845. The van der Waals surface area contributed by atoms with Gasteiger partial charge in [-0.3, -0.25) is 9.59 Å². The van der Waals surface area contributed by atoms with E-state index in [1.54, 1.807) is 17.0 Å². The SMILES string of the molecule is O=C(NCCC(O)c1ccccc1)C1CCCN1C(=O)c1cc(Cl)ccc1Cl. The van der Waals surface area contributed by atoms with E-state index in [0.29, 0.717) is 41.5 Å². The van der Waals surface area contributed by atoms with Crippen LogP contribution in [-0.2, 0) is 4.79 Å². The van der Waals surface area contributed by atoms with Crippen molar-refractivity contribution in [2.24, 2.45) is 0 Å². The van der Waals surface area contributed by atoms with E-state index < -0.39 is 12.1 Å². The van der Waals surface area contributed by atoms with Gasteiger partial charge in [-0.2, -0.15) is 0 Å². The van der Waals surface area contributed by atoms with E-state index >= 15 is 0 Å². The highest BCUT2D eigenvalue weighted by Gasteiger charge is 2.35. The predicted octanol–water partition coefficient (Wildman–Crippen LogP) is 3.84. The van der Waals surface area contributed by atoms with E-state index in [-0.39, 0.29) is 11.8 Å². The highest BCUT2D eigenvalue weighted by molar-refractivity contribution is 6.35. The third kappa shape index (κ3) is 4.85. The van der Waals surface area contributed by atoms with Gasteiger partial charge in [0.1, 0.15) is 6.04 Å². The van der Waals surface area contributed by atoms with Crippen LogP contribution >= 0.6 is 23.2 Å². The summed E-state index contributed by atoms with van der Waals surface area (Å²) in [4.78, 5) is 27.0. The second kappa shape index (κ2) is 9.41. The molecule has 1 aliphatic heterocycles. The molecule has 7 heteroatoms. The number of likely N-dealkylation sites (tertiary alicyclic amines) is 1. The lowest BCUT2D eigenvalue weighted by molar-refractivity contribution is -0.124. The molecule has 28 heavy (non-hydrogen) atoms. The zero-order valence-corrected chi connectivity index (χ0v) is 16.8. The summed E-state index contributed by atoms with van der Waals surface area (Å²) in [6.07, 6.45) is 1.09. The van der Waals surface area contributed by atoms with E-state index in [1.165, 1.54) is 6.07 Å². The monoisotopic (exact) mass is 420 g/mol. The molecule has 0 radical (unpaired) electrons. The van der Waals surface area contributed by atoms with Crippen molar-refractivity contribution in [3.63, 3.8) is 0 Å². The highest BCUT2D eigenvalue weighted by atomic mass is 35.5. The van der Waals surface area contributed by atoms with E-state index in [4.69, 9.17) is 23.2 Å². The lowest BCUT2D eigenvalue weighted by Gasteiger charge is -2.24. The second-order valence-corrected chi connectivity index (χ2v) is 7.63. The molecule has 0 bridgehead atoms. The van der Waals surface area contributed by atoms with Crippen LogP contribution in [0.25, 0.3) is 0 Å². The van der Waals surface area contributed by atoms with Crippen LogP contribution in [0.4, 0.5) is 0 Å². The average molecular weight is 421 g/mol. The number of halogens is 2. The Kier molecular flexibility index (Phi) is 6.94. The first kappa shape index (κ1) is 20.6. The molecule has 2 atom stereocenters. The molecular weight excluding hydrogens is 399 g/mol. The van der Waals surface area contributed by atoms with Gasteiger partial charge in [0.2, 0.25) is 5.91 Å². The number of aliphatic hydroxyl groups is 1. The summed E-state index contributed by atoms with van der Waals surface area (Å²) in [6.45, 7) is 0.817. The average Bonchev–Trinajstić information content (AvgIpc) is 3.19. The maximum atomic E-state index is 12.9. The third-order valence-electron chi connectivity index (χ3n) is 4.88. The molecule has 2 aromatic carbocycles. The molecule has 2 unspecified atom stereocenters. The smallest absolute Gasteiger partial charge is 0.256 e. The fourth-order valence-electron chi connectivity index (χ4n) is 3.39. The molecule has 148 valence electrons. The Hall–Kier alpha value is -2.08.